The van der Waals surface area contributed by atoms with Gasteiger partial charge in [-0.2, -0.15) is 0 Å². The zero-order chi connectivity index (χ0) is 19.7. The Morgan fingerprint density at radius 1 is 0.821 bits per heavy atom. The van der Waals surface area contributed by atoms with Gasteiger partial charge in [0.2, 0.25) is 0 Å². The highest BCUT2D eigenvalue weighted by Gasteiger charge is 2.11. The van der Waals surface area contributed by atoms with Crippen molar-refractivity contribution in [3.8, 4) is 0 Å². The molecule has 2 heterocycles. The molecule has 0 saturated heterocycles. The quantitative estimate of drug-likeness (QED) is 0.467. The lowest BCUT2D eigenvalue weighted by Crippen LogP contribution is -2.06. The van der Waals surface area contributed by atoms with Crippen LogP contribution in [0.25, 0.3) is 10.9 Å². The summed E-state index contributed by atoms with van der Waals surface area (Å²) in [5.74, 6) is 1.10. The van der Waals surface area contributed by atoms with Gasteiger partial charge in [0.05, 0.1) is 11.2 Å². The van der Waals surface area contributed by atoms with Crippen LogP contribution in [0.5, 0.6) is 0 Å². The zero-order valence-electron chi connectivity index (χ0n) is 16.1. The summed E-state index contributed by atoms with van der Waals surface area (Å²) >= 11 is 0. The number of aryl methyl sites for hydroxylation is 3. The van der Waals surface area contributed by atoms with Gasteiger partial charge in [0, 0.05) is 16.8 Å². The van der Waals surface area contributed by atoms with E-state index in [9.17, 15) is 0 Å². The smallest absolute Gasteiger partial charge is 0.159 e. The number of nitrogen functional groups attached to an aromatic ring is 1. The van der Waals surface area contributed by atoms with Crippen molar-refractivity contribution in [1.82, 2.24) is 15.0 Å². The van der Waals surface area contributed by atoms with Crippen molar-refractivity contribution in [2.75, 3.05) is 16.4 Å². The Kier molecular flexibility index (Phi) is 4.53. The lowest BCUT2D eigenvalue weighted by Gasteiger charge is -2.14. The molecule has 0 amide bonds. The maximum absolute atomic E-state index is 6.35. The van der Waals surface area contributed by atoms with E-state index in [-0.39, 0.29) is 0 Å². The summed E-state index contributed by atoms with van der Waals surface area (Å²) in [5, 5.41) is 7.64. The number of aromatic nitrogens is 3. The van der Waals surface area contributed by atoms with E-state index in [0.29, 0.717) is 17.3 Å². The van der Waals surface area contributed by atoms with Crippen molar-refractivity contribution >= 4 is 39.6 Å². The Bertz CT molecular complexity index is 1170. The van der Waals surface area contributed by atoms with Crippen LogP contribution in [0.1, 0.15) is 16.8 Å². The minimum atomic E-state index is 0.449. The Labute approximate surface area is 163 Å². The number of nitrogens with two attached hydrogens (primary N) is 1. The minimum Gasteiger partial charge on any atom is -0.393 e. The third-order valence-electron chi connectivity index (χ3n) is 4.77. The lowest BCUT2D eigenvalue weighted by atomic mass is 10.1. The first-order valence-electron chi connectivity index (χ1n) is 9.09. The van der Waals surface area contributed by atoms with Crippen molar-refractivity contribution < 1.29 is 0 Å². The average Bonchev–Trinajstić information content (AvgIpc) is 2.68. The van der Waals surface area contributed by atoms with Crippen LogP contribution in [0, 0.1) is 20.8 Å². The second-order valence-electron chi connectivity index (χ2n) is 6.86. The molecule has 0 radical (unpaired) electrons. The maximum atomic E-state index is 6.35. The predicted molar refractivity (Wildman–Crippen MR) is 115 cm³/mol. The highest BCUT2D eigenvalue weighted by Crippen LogP contribution is 2.31. The molecule has 0 unspecified atom stereocenters. The van der Waals surface area contributed by atoms with Crippen molar-refractivity contribution in [1.29, 1.82) is 0 Å². The molecule has 0 aliphatic heterocycles. The molecule has 0 atom stereocenters. The summed E-state index contributed by atoms with van der Waals surface area (Å²) < 4.78 is 0. The van der Waals surface area contributed by atoms with E-state index >= 15 is 0 Å². The van der Waals surface area contributed by atoms with Crippen molar-refractivity contribution in [3.63, 3.8) is 0 Å². The number of nitrogens with one attached hydrogen (secondary N) is 2. The second kappa shape index (κ2) is 7.15. The van der Waals surface area contributed by atoms with E-state index in [4.69, 9.17) is 5.73 Å². The second-order valence-corrected chi connectivity index (χ2v) is 6.86. The highest BCUT2D eigenvalue weighted by atomic mass is 15.1. The molecule has 140 valence electrons. The summed E-state index contributed by atoms with van der Waals surface area (Å²) in [6.07, 6.45) is 1.49. The topological polar surface area (TPSA) is 88.8 Å². The fourth-order valence-corrected chi connectivity index (χ4v) is 3.02. The molecule has 0 spiro atoms. The number of benzene rings is 2. The fraction of sp³-hybridized carbons (Fsp3) is 0.136. The van der Waals surface area contributed by atoms with Crippen LogP contribution < -0.4 is 16.4 Å². The summed E-state index contributed by atoms with van der Waals surface area (Å²) in [5.41, 5.74) is 12.9. The molecule has 28 heavy (non-hydrogen) atoms. The third kappa shape index (κ3) is 3.44. The molecule has 0 saturated carbocycles. The van der Waals surface area contributed by atoms with Crippen LogP contribution in [0.4, 0.5) is 28.7 Å². The number of anilines is 5. The Balaban J connectivity index is 1.67. The van der Waals surface area contributed by atoms with Crippen LogP contribution >= 0.6 is 0 Å². The van der Waals surface area contributed by atoms with Gasteiger partial charge in [-0.3, -0.25) is 4.98 Å². The first-order valence-corrected chi connectivity index (χ1v) is 9.09. The molecule has 2 aromatic carbocycles. The van der Waals surface area contributed by atoms with Crippen LogP contribution in [-0.2, 0) is 0 Å². The SMILES string of the molecule is Cc1ccc2cccc(Nc3ncnc(Nc4ccc(C)c(C)c4)c3N)c2n1. The van der Waals surface area contributed by atoms with Gasteiger partial charge >= 0.3 is 0 Å². The van der Waals surface area contributed by atoms with Gasteiger partial charge in [-0.1, -0.05) is 24.3 Å². The molecule has 4 N–H and O–H groups in total. The molecule has 4 rings (SSSR count). The van der Waals surface area contributed by atoms with Crippen LogP contribution in [0.15, 0.2) is 54.9 Å². The molecule has 0 aliphatic rings. The van der Waals surface area contributed by atoms with Gasteiger partial charge in [-0.15, -0.1) is 0 Å². The Morgan fingerprint density at radius 2 is 1.61 bits per heavy atom. The van der Waals surface area contributed by atoms with Crippen LogP contribution in [0.2, 0.25) is 0 Å². The van der Waals surface area contributed by atoms with Gasteiger partial charge in [0.25, 0.3) is 0 Å². The summed E-state index contributed by atoms with van der Waals surface area (Å²) in [6, 6.07) is 16.2. The monoisotopic (exact) mass is 370 g/mol. The molecule has 0 fully saturated rings. The summed E-state index contributed by atoms with van der Waals surface area (Å²) in [4.78, 5) is 13.3. The average molecular weight is 370 g/mol. The number of rotatable bonds is 4. The van der Waals surface area contributed by atoms with Gasteiger partial charge in [-0.25, -0.2) is 9.97 Å². The number of hydrogen-bond donors (Lipinski definition) is 3. The fourth-order valence-electron chi connectivity index (χ4n) is 3.02. The molecule has 0 aliphatic carbocycles. The van der Waals surface area contributed by atoms with E-state index in [1.54, 1.807) is 0 Å². The van der Waals surface area contributed by atoms with E-state index in [1.807, 2.05) is 37.3 Å². The van der Waals surface area contributed by atoms with Gasteiger partial charge in [-0.05, 0) is 56.2 Å². The number of para-hydroxylation sites is 1. The highest BCUT2D eigenvalue weighted by molar-refractivity contribution is 5.93. The minimum absolute atomic E-state index is 0.449. The molecule has 2 aromatic heterocycles. The molecule has 0 bridgehead atoms. The van der Waals surface area contributed by atoms with Crippen molar-refractivity contribution in [2.24, 2.45) is 0 Å². The van der Waals surface area contributed by atoms with E-state index in [2.05, 4.69) is 57.6 Å². The molecular weight excluding hydrogens is 348 g/mol. The molecule has 6 nitrogen and oxygen atoms in total. The molecular formula is C22H22N6. The van der Waals surface area contributed by atoms with E-state index < -0.39 is 0 Å². The Morgan fingerprint density at radius 3 is 2.39 bits per heavy atom. The van der Waals surface area contributed by atoms with E-state index in [1.165, 1.54) is 17.5 Å². The molecule has 4 aromatic rings. The third-order valence-corrected chi connectivity index (χ3v) is 4.77. The zero-order valence-corrected chi connectivity index (χ0v) is 16.1. The van der Waals surface area contributed by atoms with Crippen molar-refractivity contribution in [2.45, 2.75) is 20.8 Å². The first-order chi connectivity index (χ1) is 13.5. The summed E-state index contributed by atoms with van der Waals surface area (Å²) in [7, 11) is 0. The standard InChI is InChI=1S/C22H22N6/c1-13-7-10-17(11-14(13)2)27-21-19(23)22(25-12-24-21)28-18-6-4-5-16-9-8-15(3)26-20(16)18/h4-12H,23H2,1-3H3,(H2,24,25,27,28). The van der Waals surface area contributed by atoms with Crippen molar-refractivity contribution in [3.05, 3.63) is 71.7 Å². The van der Waals surface area contributed by atoms with E-state index in [0.717, 1.165) is 28.0 Å². The number of nitrogens with zero attached hydrogens (tertiary/aromatic N) is 3. The number of hydrogen-bond acceptors (Lipinski definition) is 6. The number of pyridine rings is 1. The Hall–Kier alpha value is -3.67. The first kappa shape index (κ1) is 17.7. The van der Waals surface area contributed by atoms with Gasteiger partial charge in [0.15, 0.2) is 11.6 Å². The van der Waals surface area contributed by atoms with Gasteiger partial charge < -0.3 is 16.4 Å². The van der Waals surface area contributed by atoms with Gasteiger partial charge in [0.1, 0.15) is 12.0 Å². The maximum Gasteiger partial charge on any atom is 0.159 e. The summed E-state index contributed by atoms with van der Waals surface area (Å²) in [6.45, 7) is 6.13. The van der Waals surface area contributed by atoms with Crippen LogP contribution in [-0.4, -0.2) is 15.0 Å². The largest absolute Gasteiger partial charge is 0.393 e. The normalized spacial score (nSPS) is 10.8. The molecule has 6 heteroatoms. The lowest BCUT2D eigenvalue weighted by molar-refractivity contribution is 1.17. The van der Waals surface area contributed by atoms with Crippen LogP contribution in [0.3, 0.4) is 0 Å². The number of fused-ring (bicyclic) bond motifs is 1. The predicted octanol–water partition coefficient (Wildman–Crippen LogP) is 5.02.